The van der Waals surface area contributed by atoms with Gasteiger partial charge in [0, 0.05) is 0 Å². The van der Waals surface area contributed by atoms with Crippen molar-refractivity contribution in [3.8, 4) is 0 Å². The number of hydrogen-bond acceptors (Lipinski definition) is 4. The molecule has 20 heavy (non-hydrogen) atoms. The molecule has 0 aliphatic rings. The maximum Gasteiger partial charge on any atom is 0.313 e. The van der Waals surface area contributed by atoms with Gasteiger partial charge in [0.2, 0.25) is 0 Å². The molecule has 1 N–H and O–H groups in total. The Kier molecular flexibility index (Phi) is 4.33. The molecule has 0 radical (unpaired) electrons. The van der Waals surface area contributed by atoms with Crippen molar-refractivity contribution in [3.63, 3.8) is 0 Å². The predicted molar refractivity (Wildman–Crippen MR) is 68.6 cm³/mol. The number of rotatable bonds is 5. The lowest BCUT2D eigenvalue weighted by Crippen LogP contribution is -2.06. The second-order valence-corrected chi connectivity index (χ2v) is 4.99. The van der Waals surface area contributed by atoms with Gasteiger partial charge in [-0.3, -0.25) is 4.79 Å². The van der Waals surface area contributed by atoms with E-state index in [4.69, 9.17) is 5.11 Å². The highest BCUT2D eigenvalue weighted by atomic mass is 32.2. The summed E-state index contributed by atoms with van der Waals surface area (Å²) in [5.41, 5.74) is 0.545. The first-order valence-corrected chi connectivity index (χ1v) is 6.64. The van der Waals surface area contributed by atoms with Crippen LogP contribution in [0.15, 0.2) is 23.4 Å². The molecule has 0 aliphatic carbocycles. The number of thioether (sulfide) groups is 1. The van der Waals surface area contributed by atoms with Crippen molar-refractivity contribution in [1.82, 2.24) is 14.8 Å². The molecule has 1 heterocycles. The van der Waals surface area contributed by atoms with Crippen molar-refractivity contribution in [2.75, 3.05) is 5.75 Å². The van der Waals surface area contributed by atoms with Crippen LogP contribution in [0.4, 0.5) is 8.78 Å². The number of benzene rings is 1. The molecule has 106 valence electrons. The van der Waals surface area contributed by atoms with Gasteiger partial charge >= 0.3 is 5.97 Å². The normalized spacial score (nSPS) is 10.8. The molecule has 0 spiro atoms. The summed E-state index contributed by atoms with van der Waals surface area (Å²) in [7, 11) is 0. The number of halogens is 2. The van der Waals surface area contributed by atoms with Crippen LogP contribution in [0.1, 0.15) is 11.4 Å². The highest BCUT2D eigenvalue weighted by Gasteiger charge is 2.12. The van der Waals surface area contributed by atoms with Gasteiger partial charge in [0.1, 0.15) is 5.82 Å². The highest BCUT2D eigenvalue weighted by Crippen LogP contribution is 2.19. The zero-order chi connectivity index (χ0) is 14.7. The molecule has 0 aliphatic heterocycles. The summed E-state index contributed by atoms with van der Waals surface area (Å²) >= 11 is 1.02. The maximum absolute atomic E-state index is 13.2. The Hall–Kier alpha value is -1.96. The molecule has 0 atom stereocenters. The number of aromatic nitrogens is 3. The molecule has 2 aromatic rings. The van der Waals surface area contributed by atoms with E-state index < -0.39 is 17.6 Å². The number of nitrogens with zero attached hydrogens (tertiary/aromatic N) is 3. The monoisotopic (exact) mass is 299 g/mol. The van der Waals surface area contributed by atoms with Gasteiger partial charge in [-0.2, -0.15) is 0 Å². The molecule has 0 fully saturated rings. The Bertz CT molecular complexity index is 646. The van der Waals surface area contributed by atoms with Gasteiger partial charge in [-0.1, -0.05) is 17.8 Å². The summed E-state index contributed by atoms with van der Waals surface area (Å²) in [5, 5.41) is 16.8. The maximum atomic E-state index is 13.2. The van der Waals surface area contributed by atoms with Gasteiger partial charge in [-0.05, 0) is 24.6 Å². The van der Waals surface area contributed by atoms with Gasteiger partial charge < -0.3 is 9.67 Å². The average Bonchev–Trinajstić information content (AvgIpc) is 2.73. The Balaban J connectivity index is 2.21. The average molecular weight is 299 g/mol. The SMILES string of the molecule is Cc1nnc(SCC(=O)O)n1Cc1ccc(F)c(F)c1. The van der Waals surface area contributed by atoms with Crippen LogP contribution >= 0.6 is 11.8 Å². The quantitative estimate of drug-likeness (QED) is 0.856. The standard InChI is InChI=1S/C12H11F2N3O2S/c1-7-15-16-12(20-6-11(18)19)17(7)5-8-2-3-9(13)10(14)4-8/h2-4H,5-6H2,1H3,(H,18,19). The fourth-order valence-electron chi connectivity index (χ4n) is 1.60. The van der Waals surface area contributed by atoms with Crippen LogP contribution in [0.2, 0.25) is 0 Å². The van der Waals surface area contributed by atoms with E-state index in [-0.39, 0.29) is 12.3 Å². The van der Waals surface area contributed by atoms with Gasteiger partial charge in [-0.25, -0.2) is 8.78 Å². The van der Waals surface area contributed by atoms with Crippen LogP contribution in [0.5, 0.6) is 0 Å². The molecule has 0 bridgehead atoms. The van der Waals surface area contributed by atoms with Crippen LogP contribution in [-0.2, 0) is 11.3 Å². The second-order valence-electron chi connectivity index (χ2n) is 4.05. The van der Waals surface area contributed by atoms with Crippen molar-refractivity contribution in [3.05, 3.63) is 41.2 Å². The summed E-state index contributed by atoms with van der Waals surface area (Å²) in [5.74, 6) is -2.36. The number of aryl methyl sites for hydroxylation is 1. The van der Waals surface area contributed by atoms with E-state index in [1.807, 2.05) is 0 Å². The lowest BCUT2D eigenvalue weighted by Gasteiger charge is -2.08. The molecule has 1 aromatic heterocycles. The van der Waals surface area contributed by atoms with E-state index in [1.54, 1.807) is 11.5 Å². The number of hydrogen-bond donors (Lipinski definition) is 1. The largest absolute Gasteiger partial charge is 0.481 e. The van der Waals surface area contributed by atoms with Crippen LogP contribution in [-0.4, -0.2) is 31.6 Å². The third kappa shape index (κ3) is 3.32. The van der Waals surface area contributed by atoms with Crippen LogP contribution in [0, 0.1) is 18.6 Å². The molecule has 2 rings (SSSR count). The third-order valence-corrected chi connectivity index (χ3v) is 3.50. The van der Waals surface area contributed by atoms with E-state index in [2.05, 4.69) is 10.2 Å². The number of aliphatic carboxylic acids is 1. The fourth-order valence-corrected chi connectivity index (χ4v) is 2.30. The van der Waals surface area contributed by atoms with E-state index in [0.717, 1.165) is 23.9 Å². The van der Waals surface area contributed by atoms with Crippen LogP contribution < -0.4 is 0 Å². The molecule has 8 heteroatoms. The minimum absolute atomic E-state index is 0.143. The van der Waals surface area contributed by atoms with Gasteiger partial charge in [0.15, 0.2) is 16.8 Å². The van der Waals surface area contributed by atoms with E-state index in [9.17, 15) is 13.6 Å². The molecule has 0 saturated heterocycles. The zero-order valence-electron chi connectivity index (χ0n) is 10.5. The first kappa shape index (κ1) is 14.4. The molecule has 1 aromatic carbocycles. The number of carboxylic acids is 1. The molecule has 0 amide bonds. The fraction of sp³-hybridized carbons (Fsp3) is 0.250. The highest BCUT2D eigenvalue weighted by molar-refractivity contribution is 7.99. The Labute approximate surface area is 117 Å². The smallest absolute Gasteiger partial charge is 0.313 e. The summed E-state index contributed by atoms with van der Waals surface area (Å²) in [4.78, 5) is 10.6. The van der Waals surface area contributed by atoms with Crippen LogP contribution in [0.3, 0.4) is 0 Å². The number of carbonyl (C=O) groups is 1. The van der Waals surface area contributed by atoms with Crippen molar-refractivity contribution < 1.29 is 18.7 Å². The molecule has 0 unspecified atom stereocenters. The lowest BCUT2D eigenvalue weighted by atomic mass is 10.2. The Morgan fingerprint density at radius 1 is 1.35 bits per heavy atom. The summed E-state index contributed by atoms with van der Waals surface area (Å²) < 4.78 is 27.7. The van der Waals surface area contributed by atoms with Crippen molar-refractivity contribution in [2.24, 2.45) is 0 Å². The molecule has 0 saturated carbocycles. The third-order valence-electron chi connectivity index (χ3n) is 2.55. The second kappa shape index (κ2) is 6.00. The first-order chi connectivity index (χ1) is 9.47. The Morgan fingerprint density at radius 2 is 2.10 bits per heavy atom. The van der Waals surface area contributed by atoms with Crippen molar-refractivity contribution in [2.45, 2.75) is 18.6 Å². The molecule has 5 nitrogen and oxygen atoms in total. The van der Waals surface area contributed by atoms with Crippen molar-refractivity contribution >= 4 is 17.7 Å². The van der Waals surface area contributed by atoms with E-state index in [0.29, 0.717) is 16.5 Å². The van der Waals surface area contributed by atoms with Crippen LogP contribution in [0.25, 0.3) is 0 Å². The van der Waals surface area contributed by atoms with E-state index in [1.165, 1.54) is 6.07 Å². The van der Waals surface area contributed by atoms with Gasteiger partial charge in [-0.15, -0.1) is 10.2 Å². The Morgan fingerprint density at radius 3 is 2.75 bits per heavy atom. The first-order valence-electron chi connectivity index (χ1n) is 5.65. The minimum atomic E-state index is -0.963. The summed E-state index contributed by atoms with van der Waals surface area (Å²) in [6, 6.07) is 3.61. The topological polar surface area (TPSA) is 68.0 Å². The van der Waals surface area contributed by atoms with Gasteiger partial charge in [0.05, 0.1) is 12.3 Å². The summed E-state index contributed by atoms with van der Waals surface area (Å²) in [6.07, 6.45) is 0. The summed E-state index contributed by atoms with van der Waals surface area (Å²) in [6.45, 7) is 1.95. The van der Waals surface area contributed by atoms with Gasteiger partial charge in [0.25, 0.3) is 0 Å². The zero-order valence-corrected chi connectivity index (χ0v) is 11.3. The minimum Gasteiger partial charge on any atom is -0.481 e. The van der Waals surface area contributed by atoms with E-state index >= 15 is 0 Å². The lowest BCUT2D eigenvalue weighted by molar-refractivity contribution is -0.133. The van der Waals surface area contributed by atoms with Crippen molar-refractivity contribution in [1.29, 1.82) is 0 Å². The molecular weight excluding hydrogens is 288 g/mol. The molecular formula is C12H11F2N3O2S. The predicted octanol–water partition coefficient (Wildman–Crippen LogP) is 2.09. The number of carboxylic acid groups (broad SMARTS) is 1.